The molecule has 3 nitrogen and oxygen atoms in total. The summed E-state index contributed by atoms with van der Waals surface area (Å²) in [4.78, 5) is 0.986. The minimum absolute atomic E-state index is 0.00347. The molecule has 2 aromatic heterocycles. The van der Waals surface area contributed by atoms with Crippen LogP contribution in [0.1, 0.15) is 23.7 Å². The Morgan fingerprint density at radius 3 is 2.94 bits per heavy atom. The van der Waals surface area contributed by atoms with Crippen LogP contribution in [-0.2, 0) is 6.54 Å². The average Bonchev–Trinajstić information content (AvgIpc) is 2.96. The first kappa shape index (κ1) is 11.4. The molecule has 2 aromatic rings. The molecule has 0 aliphatic rings. The van der Waals surface area contributed by atoms with Gasteiger partial charge >= 0.3 is 0 Å². The van der Waals surface area contributed by atoms with Crippen LogP contribution < -0.4 is 5.32 Å². The molecule has 16 heavy (non-hydrogen) atoms. The Morgan fingerprint density at radius 1 is 1.44 bits per heavy atom. The Labute approximate surface area is 98.7 Å². The van der Waals surface area contributed by atoms with Crippen molar-refractivity contribution in [2.24, 2.45) is 0 Å². The molecule has 2 rings (SSSR count). The van der Waals surface area contributed by atoms with Crippen LogP contribution in [0.25, 0.3) is 0 Å². The molecule has 0 spiro atoms. The second-order valence-electron chi connectivity index (χ2n) is 3.71. The molecule has 0 fully saturated rings. The van der Waals surface area contributed by atoms with Gasteiger partial charge in [0.2, 0.25) is 0 Å². The van der Waals surface area contributed by atoms with Crippen molar-refractivity contribution in [1.82, 2.24) is 5.32 Å². The summed E-state index contributed by atoms with van der Waals surface area (Å²) in [7, 11) is 0. The zero-order valence-corrected chi connectivity index (χ0v) is 9.91. The summed E-state index contributed by atoms with van der Waals surface area (Å²) in [5.74, 6) is 0.880. The lowest BCUT2D eigenvalue weighted by molar-refractivity contribution is 0.137. The van der Waals surface area contributed by atoms with Gasteiger partial charge in [-0.1, -0.05) is 6.07 Å². The predicted octanol–water partition coefficient (Wildman–Crippen LogP) is 2.55. The van der Waals surface area contributed by atoms with E-state index in [1.807, 2.05) is 36.6 Å². The first-order valence-electron chi connectivity index (χ1n) is 5.24. The van der Waals surface area contributed by atoms with Crippen molar-refractivity contribution in [3.05, 3.63) is 46.5 Å². The largest absolute Gasteiger partial charge is 0.468 e. The van der Waals surface area contributed by atoms with Gasteiger partial charge in [-0.3, -0.25) is 0 Å². The van der Waals surface area contributed by atoms with E-state index < -0.39 is 6.10 Å². The molecule has 2 N–H and O–H groups in total. The van der Waals surface area contributed by atoms with E-state index in [0.29, 0.717) is 6.54 Å². The molecule has 86 valence electrons. The maximum atomic E-state index is 10.0. The molecule has 0 radical (unpaired) electrons. The van der Waals surface area contributed by atoms with E-state index >= 15 is 0 Å². The molecule has 0 saturated heterocycles. The van der Waals surface area contributed by atoms with E-state index in [2.05, 4.69) is 5.32 Å². The summed E-state index contributed by atoms with van der Waals surface area (Å²) in [5, 5.41) is 15.2. The zero-order chi connectivity index (χ0) is 11.4. The van der Waals surface area contributed by atoms with Crippen LogP contribution in [-0.4, -0.2) is 11.1 Å². The smallest absolute Gasteiger partial charge is 0.117 e. The summed E-state index contributed by atoms with van der Waals surface area (Å²) < 4.78 is 5.21. The highest BCUT2D eigenvalue weighted by Crippen LogP contribution is 2.21. The first-order valence-corrected chi connectivity index (χ1v) is 6.12. The quantitative estimate of drug-likeness (QED) is 0.840. The predicted molar refractivity (Wildman–Crippen MR) is 64.3 cm³/mol. The number of hydrogen-bond acceptors (Lipinski definition) is 4. The first-order chi connectivity index (χ1) is 7.77. The number of thiophene rings is 1. The number of aliphatic hydroxyl groups is 1. The summed E-state index contributed by atoms with van der Waals surface area (Å²) in [5.41, 5.74) is 0. The normalized spacial score (nSPS) is 14.9. The van der Waals surface area contributed by atoms with Gasteiger partial charge in [-0.25, -0.2) is 0 Å². The topological polar surface area (TPSA) is 45.4 Å². The Hall–Kier alpha value is -1.10. The molecule has 0 amide bonds. The maximum absolute atomic E-state index is 10.0. The van der Waals surface area contributed by atoms with Gasteiger partial charge in [0, 0.05) is 10.9 Å². The summed E-state index contributed by atoms with van der Waals surface area (Å²) in [6.45, 7) is 2.60. The van der Waals surface area contributed by atoms with Crippen LogP contribution in [0.4, 0.5) is 0 Å². The van der Waals surface area contributed by atoms with Crippen molar-refractivity contribution < 1.29 is 9.52 Å². The third-order valence-electron chi connectivity index (χ3n) is 2.49. The Bertz CT molecular complexity index is 397. The van der Waals surface area contributed by atoms with Gasteiger partial charge in [-0.15, -0.1) is 11.3 Å². The van der Waals surface area contributed by atoms with Crippen LogP contribution >= 0.6 is 11.3 Å². The fraction of sp³-hybridized carbons (Fsp3) is 0.333. The minimum atomic E-state index is -0.463. The highest BCUT2D eigenvalue weighted by molar-refractivity contribution is 7.10. The molecule has 0 aliphatic heterocycles. The highest BCUT2D eigenvalue weighted by Gasteiger charge is 2.16. The molecular weight excluding hydrogens is 222 g/mol. The van der Waals surface area contributed by atoms with Gasteiger partial charge < -0.3 is 14.8 Å². The zero-order valence-electron chi connectivity index (χ0n) is 9.09. The molecule has 2 unspecified atom stereocenters. The van der Waals surface area contributed by atoms with Crippen LogP contribution in [0.5, 0.6) is 0 Å². The molecule has 0 saturated carbocycles. The second kappa shape index (κ2) is 5.30. The van der Waals surface area contributed by atoms with E-state index in [1.54, 1.807) is 17.6 Å². The minimum Gasteiger partial charge on any atom is -0.468 e. The third-order valence-corrected chi connectivity index (χ3v) is 3.43. The van der Waals surface area contributed by atoms with Crippen molar-refractivity contribution in [3.8, 4) is 0 Å². The maximum Gasteiger partial charge on any atom is 0.117 e. The van der Waals surface area contributed by atoms with E-state index in [-0.39, 0.29) is 6.04 Å². The Kier molecular flexibility index (Phi) is 3.77. The average molecular weight is 237 g/mol. The third kappa shape index (κ3) is 2.72. The van der Waals surface area contributed by atoms with Crippen molar-refractivity contribution in [3.63, 3.8) is 0 Å². The Balaban J connectivity index is 1.86. The monoisotopic (exact) mass is 237 g/mol. The summed E-state index contributed by atoms with van der Waals surface area (Å²) >= 11 is 1.57. The van der Waals surface area contributed by atoms with Crippen LogP contribution in [0.15, 0.2) is 40.3 Å². The van der Waals surface area contributed by atoms with Crippen molar-refractivity contribution in [1.29, 1.82) is 0 Å². The van der Waals surface area contributed by atoms with E-state index in [0.717, 1.165) is 10.6 Å². The molecule has 4 heteroatoms. The number of rotatable bonds is 5. The number of furan rings is 1. The second-order valence-corrected chi connectivity index (χ2v) is 4.69. The molecule has 0 bridgehead atoms. The van der Waals surface area contributed by atoms with Gasteiger partial charge in [0.25, 0.3) is 0 Å². The summed E-state index contributed by atoms with van der Waals surface area (Å²) in [6, 6.07) is 7.67. The van der Waals surface area contributed by atoms with Gasteiger partial charge in [-0.05, 0) is 30.5 Å². The lowest BCUT2D eigenvalue weighted by Gasteiger charge is -2.18. The van der Waals surface area contributed by atoms with Gasteiger partial charge in [-0.2, -0.15) is 0 Å². The number of nitrogens with one attached hydrogen (secondary N) is 1. The highest BCUT2D eigenvalue weighted by atomic mass is 32.1. The lowest BCUT2D eigenvalue weighted by Crippen LogP contribution is -2.31. The summed E-state index contributed by atoms with van der Waals surface area (Å²) in [6.07, 6.45) is 1.19. The SMILES string of the molecule is CC(NCc1ccco1)C(O)c1cccs1. The standard InChI is InChI=1S/C12H15NO2S/c1-9(12(14)11-5-3-7-16-11)13-8-10-4-2-6-15-10/h2-7,9,12-14H,8H2,1H3. The fourth-order valence-electron chi connectivity index (χ4n) is 1.49. The van der Waals surface area contributed by atoms with Gasteiger partial charge in [0.05, 0.1) is 12.8 Å². The van der Waals surface area contributed by atoms with Gasteiger partial charge in [0.15, 0.2) is 0 Å². The van der Waals surface area contributed by atoms with Crippen LogP contribution in [0.2, 0.25) is 0 Å². The number of aliphatic hydroxyl groups excluding tert-OH is 1. The molecule has 0 aromatic carbocycles. The lowest BCUT2D eigenvalue weighted by atomic mass is 10.1. The number of hydrogen-bond donors (Lipinski definition) is 2. The molecule has 2 heterocycles. The fourth-order valence-corrected chi connectivity index (χ4v) is 2.31. The van der Waals surface area contributed by atoms with Crippen LogP contribution in [0, 0.1) is 0 Å². The molecule has 2 atom stereocenters. The van der Waals surface area contributed by atoms with Crippen molar-refractivity contribution in [2.45, 2.75) is 25.6 Å². The van der Waals surface area contributed by atoms with Crippen molar-refractivity contribution >= 4 is 11.3 Å². The van der Waals surface area contributed by atoms with Crippen molar-refractivity contribution in [2.75, 3.05) is 0 Å². The molecule has 0 aliphatic carbocycles. The van der Waals surface area contributed by atoms with E-state index in [4.69, 9.17) is 4.42 Å². The van der Waals surface area contributed by atoms with E-state index in [9.17, 15) is 5.11 Å². The van der Waals surface area contributed by atoms with E-state index in [1.165, 1.54) is 0 Å². The molecular formula is C12H15NO2S. The van der Waals surface area contributed by atoms with Crippen LogP contribution in [0.3, 0.4) is 0 Å². The van der Waals surface area contributed by atoms with Gasteiger partial charge in [0.1, 0.15) is 11.9 Å². The Morgan fingerprint density at radius 2 is 2.31 bits per heavy atom.